The number of carbonyl (C=O) groups is 1. The number of hydrogen-bond acceptors (Lipinski definition) is 3. The summed E-state index contributed by atoms with van der Waals surface area (Å²) in [5.41, 5.74) is 0.0365. The van der Waals surface area contributed by atoms with E-state index in [0.29, 0.717) is 5.92 Å². The second kappa shape index (κ2) is 8.31. The van der Waals surface area contributed by atoms with Crippen molar-refractivity contribution in [2.45, 2.75) is 107 Å². The molecule has 0 rings (SSSR count). The van der Waals surface area contributed by atoms with Gasteiger partial charge in [-0.25, -0.2) is 0 Å². The van der Waals surface area contributed by atoms with Crippen LogP contribution in [0.1, 0.15) is 95.4 Å². The van der Waals surface area contributed by atoms with Crippen LogP contribution < -0.4 is 10.6 Å². The molecule has 2 N–H and O–H groups in total. The molecule has 0 amide bonds. The largest absolute Gasteiger partial charge is 0.315 e. The molecule has 0 spiro atoms. The molecule has 3 heteroatoms. The van der Waals surface area contributed by atoms with Crippen LogP contribution in [0.3, 0.4) is 0 Å². The molecule has 156 valence electrons. The zero-order valence-corrected chi connectivity index (χ0v) is 20.1. The summed E-state index contributed by atoms with van der Waals surface area (Å²) in [6.45, 7) is 24.6. The molecule has 0 saturated carbocycles. The minimum atomic E-state index is -0.292. The first kappa shape index (κ1) is 25.6. The zero-order valence-electron chi connectivity index (χ0n) is 20.1. The van der Waals surface area contributed by atoms with Crippen molar-refractivity contribution in [3.05, 3.63) is 0 Å². The van der Waals surface area contributed by atoms with Crippen LogP contribution in [-0.4, -0.2) is 31.0 Å². The first-order valence-corrected chi connectivity index (χ1v) is 10.2. The van der Waals surface area contributed by atoms with Gasteiger partial charge in [0.05, 0.1) is 0 Å². The van der Waals surface area contributed by atoms with Crippen molar-refractivity contribution in [3.63, 3.8) is 0 Å². The molecule has 0 aliphatic heterocycles. The highest BCUT2D eigenvalue weighted by molar-refractivity contribution is 5.81. The van der Waals surface area contributed by atoms with Crippen molar-refractivity contribution in [2.75, 3.05) is 14.1 Å². The summed E-state index contributed by atoms with van der Waals surface area (Å²) in [5, 5.41) is 6.97. The monoisotopic (exact) mass is 368 g/mol. The maximum Gasteiger partial charge on any atom is 0.135 e. The Morgan fingerprint density at radius 2 is 1.12 bits per heavy atom. The van der Waals surface area contributed by atoms with Crippen LogP contribution in [0.2, 0.25) is 0 Å². The van der Waals surface area contributed by atoms with Gasteiger partial charge in [0.1, 0.15) is 5.78 Å². The zero-order chi connectivity index (χ0) is 21.2. The van der Waals surface area contributed by atoms with Crippen molar-refractivity contribution in [1.82, 2.24) is 10.6 Å². The average Bonchev–Trinajstić information content (AvgIpc) is 2.42. The number of carbonyl (C=O) groups excluding carboxylic acids is 1. The molecule has 1 atom stereocenters. The number of hydrogen-bond donors (Lipinski definition) is 2. The maximum atomic E-state index is 12.2. The van der Waals surface area contributed by atoms with Gasteiger partial charge in [0.2, 0.25) is 0 Å². The fourth-order valence-electron chi connectivity index (χ4n) is 4.96. The van der Waals surface area contributed by atoms with Gasteiger partial charge in [-0.3, -0.25) is 4.79 Å². The Bertz CT molecular complexity index is 473. The van der Waals surface area contributed by atoms with Gasteiger partial charge in [-0.15, -0.1) is 0 Å². The van der Waals surface area contributed by atoms with Crippen molar-refractivity contribution in [2.24, 2.45) is 22.2 Å². The Hall–Kier alpha value is -0.410. The molecule has 0 aliphatic carbocycles. The number of rotatable bonds is 11. The molecule has 3 nitrogen and oxygen atoms in total. The van der Waals surface area contributed by atoms with E-state index in [9.17, 15) is 4.79 Å². The van der Waals surface area contributed by atoms with E-state index in [1.54, 1.807) is 6.92 Å². The second-order valence-corrected chi connectivity index (χ2v) is 11.8. The summed E-state index contributed by atoms with van der Waals surface area (Å²) >= 11 is 0. The number of ketones is 1. The molecule has 0 heterocycles. The van der Waals surface area contributed by atoms with Gasteiger partial charge in [-0.1, -0.05) is 41.5 Å². The Morgan fingerprint density at radius 3 is 1.46 bits per heavy atom. The average molecular weight is 369 g/mol. The van der Waals surface area contributed by atoms with Gasteiger partial charge in [0.15, 0.2) is 0 Å². The lowest BCUT2D eigenvalue weighted by Crippen LogP contribution is -2.50. The van der Waals surface area contributed by atoms with Gasteiger partial charge in [-0.05, 0) is 84.7 Å². The number of nitrogens with one attached hydrogen (secondary N) is 2. The molecule has 1 unspecified atom stereocenters. The first-order valence-electron chi connectivity index (χ1n) is 10.2. The SMILES string of the molecule is CNC(C)(C)CC(C(C)(C)CC(C)(C)NC)C(C)(C)CC(C)(C)C(C)=O. The minimum Gasteiger partial charge on any atom is -0.315 e. The van der Waals surface area contributed by atoms with Crippen LogP contribution in [0.5, 0.6) is 0 Å². The van der Waals surface area contributed by atoms with E-state index in [4.69, 9.17) is 0 Å². The third-order valence-corrected chi connectivity index (χ3v) is 6.70. The molecule has 0 saturated heterocycles. The summed E-state index contributed by atoms with van der Waals surface area (Å²) in [6.07, 6.45) is 3.07. The van der Waals surface area contributed by atoms with E-state index in [2.05, 4.69) is 79.9 Å². The second-order valence-electron chi connectivity index (χ2n) is 11.8. The smallest absolute Gasteiger partial charge is 0.135 e. The molecule has 0 bridgehead atoms. The summed E-state index contributed by atoms with van der Waals surface area (Å²) in [5.74, 6) is 0.759. The van der Waals surface area contributed by atoms with E-state index in [1.807, 2.05) is 14.1 Å². The van der Waals surface area contributed by atoms with E-state index in [0.717, 1.165) is 19.3 Å². The Labute approximate surface area is 164 Å². The molecule has 0 fully saturated rings. The normalized spacial score (nSPS) is 15.9. The van der Waals surface area contributed by atoms with Crippen molar-refractivity contribution < 1.29 is 4.79 Å². The molecular weight excluding hydrogens is 320 g/mol. The third kappa shape index (κ3) is 7.31. The van der Waals surface area contributed by atoms with Crippen LogP contribution in [0.4, 0.5) is 0 Å². The Balaban J connectivity index is 5.97. The highest BCUT2D eigenvalue weighted by Crippen LogP contribution is 2.52. The third-order valence-electron chi connectivity index (χ3n) is 6.70. The Morgan fingerprint density at radius 1 is 0.731 bits per heavy atom. The minimum absolute atomic E-state index is 0.0522. The summed E-state index contributed by atoms with van der Waals surface area (Å²) in [4.78, 5) is 12.2. The molecule has 0 aromatic heterocycles. The van der Waals surface area contributed by atoms with Crippen LogP contribution in [0.25, 0.3) is 0 Å². The van der Waals surface area contributed by atoms with Gasteiger partial charge in [-0.2, -0.15) is 0 Å². The van der Waals surface area contributed by atoms with Crippen LogP contribution >= 0.6 is 0 Å². The predicted octanol–water partition coefficient (Wildman–Crippen LogP) is 5.44. The lowest BCUT2D eigenvalue weighted by molar-refractivity contribution is -0.127. The first-order chi connectivity index (χ1) is 11.3. The topological polar surface area (TPSA) is 41.1 Å². The van der Waals surface area contributed by atoms with Crippen LogP contribution in [-0.2, 0) is 4.79 Å². The van der Waals surface area contributed by atoms with Crippen molar-refractivity contribution in [3.8, 4) is 0 Å². The number of Topliss-reactive ketones (excluding diaryl/α,β-unsaturated/α-hetero) is 1. The van der Waals surface area contributed by atoms with E-state index in [-0.39, 0.29) is 33.1 Å². The quantitative estimate of drug-likeness (QED) is 0.510. The van der Waals surface area contributed by atoms with Crippen LogP contribution in [0.15, 0.2) is 0 Å². The lowest BCUT2D eigenvalue weighted by atomic mass is 9.55. The van der Waals surface area contributed by atoms with E-state index >= 15 is 0 Å². The highest BCUT2D eigenvalue weighted by Gasteiger charge is 2.47. The summed E-state index contributed by atoms with van der Waals surface area (Å²) < 4.78 is 0. The molecule has 0 aliphatic rings. The van der Waals surface area contributed by atoms with E-state index in [1.165, 1.54) is 0 Å². The van der Waals surface area contributed by atoms with Crippen LogP contribution in [0, 0.1) is 22.2 Å². The lowest BCUT2D eigenvalue weighted by Gasteiger charge is -2.52. The standard InChI is InChI=1S/C23H48N2O/c1-17(26)19(2,3)15-20(4,5)18(14-22(8,9)24-12)21(6,7)16-23(10,11)25-13/h18,24-25H,14-16H2,1-13H3. The predicted molar refractivity (Wildman–Crippen MR) is 116 cm³/mol. The van der Waals surface area contributed by atoms with Gasteiger partial charge in [0, 0.05) is 16.5 Å². The maximum absolute atomic E-state index is 12.2. The molecule has 0 aromatic carbocycles. The fraction of sp³-hybridized carbons (Fsp3) is 0.957. The Kier molecular flexibility index (Phi) is 8.17. The van der Waals surface area contributed by atoms with Crippen molar-refractivity contribution >= 4 is 5.78 Å². The van der Waals surface area contributed by atoms with Gasteiger partial charge >= 0.3 is 0 Å². The molecule has 0 aromatic rings. The highest BCUT2D eigenvalue weighted by atomic mass is 16.1. The van der Waals surface area contributed by atoms with Gasteiger partial charge < -0.3 is 10.6 Å². The molecule has 0 radical (unpaired) electrons. The summed E-state index contributed by atoms with van der Waals surface area (Å²) in [6, 6.07) is 0. The summed E-state index contributed by atoms with van der Waals surface area (Å²) in [7, 11) is 4.10. The molecule has 26 heavy (non-hydrogen) atoms. The fourth-order valence-corrected chi connectivity index (χ4v) is 4.96. The molecular formula is C23H48N2O. The van der Waals surface area contributed by atoms with Crippen molar-refractivity contribution in [1.29, 1.82) is 0 Å². The van der Waals surface area contributed by atoms with Gasteiger partial charge in [0.25, 0.3) is 0 Å². The van der Waals surface area contributed by atoms with E-state index < -0.39 is 0 Å².